The van der Waals surface area contributed by atoms with Crippen LogP contribution in [0.2, 0.25) is 5.02 Å². The van der Waals surface area contributed by atoms with E-state index in [-0.39, 0.29) is 24.0 Å². The number of hydrogen-bond acceptors (Lipinski definition) is 3. The molecule has 0 aliphatic carbocycles. The first-order chi connectivity index (χ1) is 10.6. The summed E-state index contributed by atoms with van der Waals surface area (Å²) in [5.41, 5.74) is 0.255. The van der Waals surface area contributed by atoms with Crippen LogP contribution in [-0.4, -0.2) is 43.0 Å². The third kappa shape index (κ3) is 6.82. The maximum Gasteiger partial charge on any atom is 0.191 e. The highest BCUT2D eigenvalue weighted by Gasteiger charge is 2.29. The third-order valence-corrected chi connectivity index (χ3v) is 4.09. The Labute approximate surface area is 159 Å². The molecule has 1 aliphatic rings. The largest absolute Gasteiger partial charge is 0.388 e. The minimum Gasteiger partial charge on any atom is -0.388 e. The van der Waals surface area contributed by atoms with Crippen molar-refractivity contribution < 1.29 is 9.84 Å². The number of ether oxygens (including phenoxy) is 1. The van der Waals surface area contributed by atoms with Crippen molar-refractivity contribution in [2.45, 2.75) is 31.9 Å². The highest BCUT2D eigenvalue weighted by atomic mass is 127. The van der Waals surface area contributed by atoms with Crippen LogP contribution in [0.1, 0.15) is 25.3 Å². The lowest BCUT2D eigenvalue weighted by Crippen LogP contribution is -2.49. The van der Waals surface area contributed by atoms with E-state index in [1.807, 2.05) is 31.2 Å². The van der Waals surface area contributed by atoms with Gasteiger partial charge in [-0.3, -0.25) is 0 Å². The number of aliphatic hydroxyl groups is 1. The maximum atomic E-state index is 10.5. The fraction of sp³-hybridized carbons (Fsp3) is 0.562. The van der Waals surface area contributed by atoms with Crippen LogP contribution in [-0.2, 0) is 11.3 Å². The second kappa shape index (κ2) is 10.3. The summed E-state index contributed by atoms with van der Waals surface area (Å²) in [5.74, 6) is 0.683. The van der Waals surface area contributed by atoms with Crippen LogP contribution in [0, 0.1) is 0 Å². The summed E-state index contributed by atoms with van der Waals surface area (Å²) in [6, 6.07) is 7.67. The third-order valence-electron chi connectivity index (χ3n) is 3.72. The predicted octanol–water partition coefficient (Wildman–Crippen LogP) is 2.55. The van der Waals surface area contributed by atoms with E-state index in [1.54, 1.807) is 0 Å². The zero-order chi connectivity index (χ0) is 15.8. The number of nitrogens with zero attached hydrogens (tertiary/aromatic N) is 1. The molecule has 130 valence electrons. The van der Waals surface area contributed by atoms with Gasteiger partial charge in [-0.25, -0.2) is 4.99 Å². The van der Waals surface area contributed by atoms with Gasteiger partial charge in [0.15, 0.2) is 5.96 Å². The SMILES string of the molecule is CCNC(=NCc1ccccc1Cl)NCC1(O)CCOCC1.I. The van der Waals surface area contributed by atoms with Crippen molar-refractivity contribution in [2.75, 3.05) is 26.3 Å². The van der Waals surface area contributed by atoms with Crippen LogP contribution < -0.4 is 10.6 Å². The monoisotopic (exact) mass is 453 g/mol. The maximum absolute atomic E-state index is 10.5. The molecule has 1 aromatic carbocycles. The first-order valence-electron chi connectivity index (χ1n) is 7.69. The molecule has 0 radical (unpaired) electrons. The lowest BCUT2D eigenvalue weighted by Gasteiger charge is -2.32. The molecule has 7 heteroatoms. The summed E-state index contributed by atoms with van der Waals surface area (Å²) in [7, 11) is 0. The van der Waals surface area contributed by atoms with Gasteiger partial charge in [-0.15, -0.1) is 24.0 Å². The number of benzene rings is 1. The number of halogens is 2. The normalized spacial score (nSPS) is 17.3. The van der Waals surface area contributed by atoms with Crippen LogP contribution in [0.3, 0.4) is 0 Å². The minimum absolute atomic E-state index is 0. The molecule has 0 aromatic heterocycles. The molecule has 1 fully saturated rings. The number of rotatable bonds is 5. The van der Waals surface area contributed by atoms with Crippen molar-refractivity contribution in [3.05, 3.63) is 34.9 Å². The molecular formula is C16H25ClIN3O2. The summed E-state index contributed by atoms with van der Waals surface area (Å²) >= 11 is 6.14. The number of guanidine groups is 1. The Bertz CT molecular complexity index is 508. The molecule has 23 heavy (non-hydrogen) atoms. The summed E-state index contributed by atoms with van der Waals surface area (Å²) < 4.78 is 5.29. The molecule has 1 aromatic rings. The van der Waals surface area contributed by atoms with Crippen LogP contribution in [0.15, 0.2) is 29.3 Å². The van der Waals surface area contributed by atoms with Gasteiger partial charge < -0.3 is 20.5 Å². The topological polar surface area (TPSA) is 65.9 Å². The average molecular weight is 454 g/mol. The standard InChI is InChI=1S/C16H24ClN3O2.HI/c1-2-18-15(19-11-13-5-3-4-6-14(13)17)20-12-16(21)7-9-22-10-8-16;/h3-6,21H,2,7-12H2,1H3,(H2,18,19,20);1H. The Morgan fingerprint density at radius 2 is 2.00 bits per heavy atom. The van der Waals surface area contributed by atoms with Gasteiger partial charge >= 0.3 is 0 Å². The minimum atomic E-state index is -0.723. The predicted molar refractivity (Wildman–Crippen MR) is 105 cm³/mol. The molecule has 1 heterocycles. The van der Waals surface area contributed by atoms with E-state index >= 15 is 0 Å². The highest BCUT2D eigenvalue weighted by Crippen LogP contribution is 2.19. The Hall–Kier alpha value is -0.570. The van der Waals surface area contributed by atoms with Crippen LogP contribution in [0.25, 0.3) is 0 Å². The van der Waals surface area contributed by atoms with Crippen molar-refractivity contribution in [3.8, 4) is 0 Å². The van der Waals surface area contributed by atoms with Gasteiger partial charge in [-0.05, 0) is 18.6 Å². The molecule has 0 saturated carbocycles. The van der Waals surface area contributed by atoms with Crippen LogP contribution >= 0.6 is 35.6 Å². The average Bonchev–Trinajstić information content (AvgIpc) is 2.52. The van der Waals surface area contributed by atoms with Gasteiger partial charge in [-0.1, -0.05) is 29.8 Å². The number of hydrogen-bond donors (Lipinski definition) is 3. The second-order valence-corrected chi connectivity index (χ2v) is 5.88. The summed E-state index contributed by atoms with van der Waals surface area (Å²) in [6.07, 6.45) is 1.29. The summed E-state index contributed by atoms with van der Waals surface area (Å²) in [5, 5.41) is 17.6. The molecular weight excluding hydrogens is 429 g/mol. The van der Waals surface area contributed by atoms with Crippen molar-refractivity contribution in [2.24, 2.45) is 4.99 Å². The van der Waals surface area contributed by atoms with E-state index in [0.29, 0.717) is 50.1 Å². The Kier molecular flexibility index (Phi) is 9.19. The molecule has 5 nitrogen and oxygen atoms in total. The van der Waals surface area contributed by atoms with Gasteiger partial charge in [-0.2, -0.15) is 0 Å². The van der Waals surface area contributed by atoms with Crippen molar-refractivity contribution in [3.63, 3.8) is 0 Å². The molecule has 0 amide bonds. The van der Waals surface area contributed by atoms with Crippen molar-refractivity contribution in [1.82, 2.24) is 10.6 Å². The fourth-order valence-electron chi connectivity index (χ4n) is 2.31. The van der Waals surface area contributed by atoms with Gasteiger partial charge in [0.2, 0.25) is 0 Å². The first kappa shape index (κ1) is 20.5. The molecule has 0 spiro atoms. The number of nitrogens with one attached hydrogen (secondary N) is 2. The van der Waals surface area contributed by atoms with Crippen LogP contribution in [0.4, 0.5) is 0 Å². The molecule has 1 saturated heterocycles. The zero-order valence-electron chi connectivity index (χ0n) is 13.3. The zero-order valence-corrected chi connectivity index (χ0v) is 16.4. The molecule has 1 aliphatic heterocycles. The van der Waals surface area contributed by atoms with Crippen molar-refractivity contribution >= 4 is 41.5 Å². The van der Waals surface area contributed by atoms with Crippen LogP contribution in [0.5, 0.6) is 0 Å². The highest BCUT2D eigenvalue weighted by molar-refractivity contribution is 14.0. The first-order valence-corrected chi connectivity index (χ1v) is 8.06. The van der Waals surface area contributed by atoms with Gasteiger partial charge in [0, 0.05) is 44.2 Å². The van der Waals surface area contributed by atoms with E-state index in [4.69, 9.17) is 16.3 Å². The van der Waals surface area contributed by atoms with E-state index in [1.165, 1.54) is 0 Å². The van der Waals surface area contributed by atoms with Gasteiger partial charge in [0.05, 0.1) is 12.1 Å². The fourth-order valence-corrected chi connectivity index (χ4v) is 2.50. The smallest absolute Gasteiger partial charge is 0.191 e. The summed E-state index contributed by atoms with van der Waals surface area (Å²) in [6.45, 7) is 4.93. The Balaban J connectivity index is 0.00000264. The van der Waals surface area contributed by atoms with Gasteiger partial charge in [0.1, 0.15) is 0 Å². The molecule has 0 bridgehead atoms. The molecule has 3 N–H and O–H groups in total. The van der Waals surface area contributed by atoms with Gasteiger partial charge in [0.25, 0.3) is 0 Å². The van der Waals surface area contributed by atoms with E-state index < -0.39 is 5.60 Å². The number of aliphatic imine (C=N–C) groups is 1. The van der Waals surface area contributed by atoms with E-state index in [0.717, 1.165) is 12.1 Å². The van der Waals surface area contributed by atoms with Crippen molar-refractivity contribution in [1.29, 1.82) is 0 Å². The molecule has 2 rings (SSSR count). The lowest BCUT2D eigenvalue weighted by atomic mass is 9.94. The quantitative estimate of drug-likeness (QED) is 0.364. The summed E-state index contributed by atoms with van der Waals surface area (Å²) in [4.78, 5) is 4.53. The molecule has 0 atom stereocenters. The lowest BCUT2D eigenvalue weighted by molar-refractivity contribution is -0.0594. The Morgan fingerprint density at radius 3 is 2.65 bits per heavy atom. The molecule has 0 unspecified atom stereocenters. The Morgan fingerprint density at radius 1 is 1.30 bits per heavy atom. The van der Waals surface area contributed by atoms with E-state index in [2.05, 4.69) is 15.6 Å². The van der Waals surface area contributed by atoms with E-state index in [9.17, 15) is 5.11 Å². The second-order valence-electron chi connectivity index (χ2n) is 5.48.